The van der Waals surface area contributed by atoms with Gasteiger partial charge >= 0.3 is 6.36 Å². The summed E-state index contributed by atoms with van der Waals surface area (Å²) in [6.07, 6.45) is -2.54. The van der Waals surface area contributed by atoms with Gasteiger partial charge < -0.3 is 4.74 Å². The highest BCUT2D eigenvalue weighted by atomic mass is 19.4. The third kappa shape index (κ3) is 4.14. The van der Waals surface area contributed by atoms with Crippen LogP contribution >= 0.6 is 0 Å². The molecule has 0 unspecified atom stereocenters. The topological polar surface area (TPSA) is 45.6 Å². The maximum absolute atomic E-state index is 12.2. The predicted octanol–water partition coefficient (Wildman–Crippen LogP) is 5.41. The minimum Gasteiger partial charge on any atom is -0.406 e. The molecule has 0 radical (unpaired) electrons. The van der Waals surface area contributed by atoms with E-state index < -0.39 is 6.36 Å². The Morgan fingerprint density at radius 3 is 2.44 bits per heavy atom. The summed E-state index contributed by atoms with van der Waals surface area (Å²) in [5, 5.41) is 13.6. The highest BCUT2D eigenvalue weighted by Crippen LogP contribution is 2.43. The third-order valence-corrected chi connectivity index (χ3v) is 4.47. The minimum absolute atomic E-state index is 0.0990. The van der Waals surface area contributed by atoms with Crippen LogP contribution in [0.3, 0.4) is 0 Å². The highest BCUT2D eigenvalue weighted by molar-refractivity contribution is 5.87. The van der Waals surface area contributed by atoms with Crippen molar-refractivity contribution in [1.82, 2.24) is 4.98 Å². The van der Waals surface area contributed by atoms with Crippen LogP contribution in [-0.4, -0.2) is 16.6 Å². The molecule has 4 rings (SSSR count). The average Bonchev–Trinajstić information content (AvgIpc) is 3.46. The molecule has 1 heterocycles. The normalized spacial score (nSPS) is 14.4. The molecular formula is C20H17F3N2O2. The van der Waals surface area contributed by atoms with Crippen LogP contribution in [0.1, 0.15) is 30.0 Å². The van der Waals surface area contributed by atoms with Crippen molar-refractivity contribution in [3.05, 3.63) is 65.9 Å². The number of hydroxylamine groups is 1. The molecule has 0 bridgehead atoms. The molecule has 1 N–H and O–H groups in total. The second kappa shape index (κ2) is 6.74. The van der Waals surface area contributed by atoms with Gasteiger partial charge in [-0.25, -0.2) is 10.0 Å². The fourth-order valence-electron chi connectivity index (χ4n) is 3.06. The number of benzene rings is 2. The van der Waals surface area contributed by atoms with Crippen molar-refractivity contribution >= 4 is 16.6 Å². The number of ether oxygens (including phenoxy) is 1. The Hall–Kier alpha value is -2.80. The highest BCUT2D eigenvalue weighted by Gasteiger charge is 2.31. The molecular weight excluding hydrogens is 357 g/mol. The first-order valence-electron chi connectivity index (χ1n) is 8.60. The number of nitrogens with zero attached hydrogens (tertiary/aromatic N) is 2. The molecule has 2 aromatic carbocycles. The molecule has 1 aliphatic carbocycles. The fourth-order valence-corrected chi connectivity index (χ4v) is 3.06. The molecule has 0 atom stereocenters. The van der Waals surface area contributed by atoms with Crippen LogP contribution in [0.5, 0.6) is 5.75 Å². The van der Waals surface area contributed by atoms with E-state index in [0.717, 1.165) is 34.4 Å². The first-order chi connectivity index (χ1) is 12.9. The maximum atomic E-state index is 12.2. The molecule has 0 saturated heterocycles. The number of rotatable bonds is 5. The number of hydrogen-bond donors (Lipinski definition) is 1. The number of aromatic nitrogens is 1. The summed E-state index contributed by atoms with van der Waals surface area (Å²) in [6, 6.07) is 15.1. The molecule has 0 amide bonds. The van der Waals surface area contributed by atoms with Gasteiger partial charge in [-0.15, -0.1) is 13.2 Å². The van der Waals surface area contributed by atoms with Crippen molar-refractivity contribution in [2.75, 3.05) is 5.06 Å². The summed E-state index contributed by atoms with van der Waals surface area (Å²) in [5.41, 5.74) is 1.62. The monoisotopic (exact) mass is 374 g/mol. The van der Waals surface area contributed by atoms with E-state index in [4.69, 9.17) is 0 Å². The minimum atomic E-state index is -4.72. The van der Waals surface area contributed by atoms with Crippen LogP contribution in [0.2, 0.25) is 0 Å². The Kier molecular flexibility index (Phi) is 4.39. The number of alkyl halides is 3. The van der Waals surface area contributed by atoms with Crippen LogP contribution in [-0.2, 0) is 6.54 Å². The van der Waals surface area contributed by atoms with E-state index in [1.165, 1.54) is 24.3 Å². The standard InChI is InChI=1S/C20H17F3N2O2/c21-20(22,23)27-16-9-5-13(6-10-16)12-25(26)18-11-15-3-1-2-4-17(15)19(24-18)14-7-8-14/h1-6,9-11,14,26H,7-8,12H2. The van der Waals surface area contributed by atoms with Crippen molar-refractivity contribution in [3.63, 3.8) is 0 Å². The average molecular weight is 374 g/mol. The largest absolute Gasteiger partial charge is 0.573 e. The van der Waals surface area contributed by atoms with E-state index in [-0.39, 0.29) is 12.3 Å². The van der Waals surface area contributed by atoms with E-state index in [1.54, 1.807) is 0 Å². The molecule has 3 aromatic rings. The van der Waals surface area contributed by atoms with Crippen molar-refractivity contribution in [3.8, 4) is 5.75 Å². The van der Waals surface area contributed by atoms with Gasteiger partial charge in [0.05, 0.1) is 12.2 Å². The Morgan fingerprint density at radius 1 is 1.07 bits per heavy atom. The number of anilines is 1. The van der Waals surface area contributed by atoms with E-state index in [0.29, 0.717) is 17.3 Å². The van der Waals surface area contributed by atoms with Gasteiger partial charge in [0.25, 0.3) is 0 Å². The Balaban J connectivity index is 1.55. The summed E-state index contributed by atoms with van der Waals surface area (Å²) in [6.45, 7) is 0.0990. The van der Waals surface area contributed by atoms with Gasteiger partial charge in [0.15, 0.2) is 5.82 Å². The van der Waals surface area contributed by atoms with Gasteiger partial charge in [0.2, 0.25) is 0 Å². The van der Waals surface area contributed by atoms with Crippen LogP contribution in [0.4, 0.5) is 19.0 Å². The Labute approximate surface area is 153 Å². The molecule has 1 fully saturated rings. The van der Waals surface area contributed by atoms with Gasteiger partial charge in [-0.1, -0.05) is 36.4 Å². The van der Waals surface area contributed by atoms with Crippen molar-refractivity contribution < 1.29 is 23.1 Å². The number of hydrogen-bond acceptors (Lipinski definition) is 4. The van der Waals surface area contributed by atoms with Gasteiger partial charge in [-0.3, -0.25) is 5.21 Å². The summed E-state index contributed by atoms with van der Waals surface area (Å²) in [5.74, 6) is 0.545. The number of fused-ring (bicyclic) bond motifs is 1. The van der Waals surface area contributed by atoms with Crippen LogP contribution in [0.15, 0.2) is 54.6 Å². The zero-order valence-electron chi connectivity index (χ0n) is 14.3. The van der Waals surface area contributed by atoms with Gasteiger partial charge in [0.1, 0.15) is 5.75 Å². The quantitative estimate of drug-likeness (QED) is 0.607. The predicted molar refractivity (Wildman–Crippen MR) is 94.8 cm³/mol. The zero-order chi connectivity index (χ0) is 19.0. The van der Waals surface area contributed by atoms with Crippen LogP contribution in [0.25, 0.3) is 10.8 Å². The lowest BCUT2D eigenvalue weighted by Gasteiger charge is -2.18. The second-order valence-corrected chi connectivity index (χ2v) is 6.61. The van der Waals surface area contributed by atoms with Gasteiger partial charge in [-0.05, 0) is 42.0 Å². The van der Waals surface area contributed by atoms with Crippen molar-refractivity contribution in [2.24, 2.45) is 0 Å². The van der Waals surface area contributed by atoms with E-state index in [1.807, 2.05) is 30.3 Å². The van der Waals surface area contributed by atoms with Gasteiger partial charge in [-0.2, -0.15) is 0 Å². The molecule has 27 heavy (non-hydrogen) atoms. The number of halogens is 3. The summed E-state index contributed by atoms with van der Waals surface area (Å²) >= 11 is 0. The van der Waals surface area contributed by atoms with Crippen LogP contribution < -0.4 is 9.80 Å². The first-order valence-corrected chi connectivity index (χ1v) is 8.60. The van der Waals surface area contributed by atoms with Crippen LogP contribution in [0, 0.1) is 0 Å². The fraction of sp³-hybridized carbons (Fsp3) is 0.250. The lowest BCUT2D eigenvalue weighted by Crippen LogP contribution is -2.19. The second-order valence-electron chi connectivity index (χ2n) is 6.61. The van der Waals surface area contributed by atoms with Crippen molar-refractivity contribution in [1.29, 1.82) is 0 Å². The third-order valence-electron chi connectivity index (χ3n) is 4.47. The Bertz CT molecular complexity index is 954. The molecule has 4 nitrogen and oxygen atoms in total. The molecule has 1 aliphatic rings. The van der Waals surface area contributed by atoms with Gasteiger partial charge in [0, 0.05) is 11.3 Å². The lowest BCUT2D eigenvalue weighted by atomic mass is 10.1. The molecule has 1 saturated carbocycles. The SMILES string of the molecule is ON(Cc1ccc(OC(F)(F)F)cc1)c1cc2ccccc2c(C2CC2)n1. The molecule has 1 aromatic heterocycles. The number of pyridine rings is 1. The van der Waals surface area contributed by atoms with E-state index in [9.17, 15) is 18.4 Å². The molecule has 0 spiro atoms. The summed E-state index contributed by atoms with van der Waals surface area (Å²) in [7, 11) is 0. The summed E-state index contributed by atoms with van der Waals surface area (Å²) < 4.78 is 40.5. The molecule has 140 valence electrons. The van der Waals surface area contributed by atoms with Crippen molar-refractivity contribution in [2.45, 2.75) is 31.7 Å². The summed E-state index contributed by atoms with van der Waals surface area (Å²) in [4.78, 5) is 4.63. The van der Waals surface area contributed by atoms with E-state index in [2.05, 4.69) is 9.72 Å². The smallest absolute Gasteiger partial charge is 0.406 e. The molecule has 0 aliphatic heterocycles. The zero-order valence-corrected chi connectivity index (χ0v) is 14.3. The first kappa shape index (κ1) is 17.6. The Morgan fingerprint density at radius 2 is 1.78 bits per heavy atom. The van der Waals surface area contributed by atoms with E-state index >= 15 is 0 Å². The molecule has 7 heteroatoms. The lowest BCUT2D eigenvalue weighted by molar-refractivity contribution is -0.274. The maximum Gasteiger partial charge on any atom is 0.573 e.